The van der Waals surface area contributed by atoms with E-state index in [0.29, 0.717) is 11.5 Å². The lowest BCUT2D eigenvalue weighted by Crippen LogP contribution is -2.09. The summed E-state index contributed by atoms with van der Waals surface area (Å²) in [5.74, 6) is 0.159. The van der Waals surface area contributed by atoms with Gasteiger partial charge in [0.25, 0.3) is 0 Å². The summed E-state index contributed by atoms with van der Waals surface area (Å²) in [5, 5.41) is 0. The van der Waals surface area contributed by atoms with Gasteiger partial charge in [-0.25, -0.2) is 9.97 Å². The van der Waals surface area contributed by atoms with Crippen molar-refractivity contribution >= 4 is 11.7 Å². The lowest BCUT2D eigenvalue weighted by Gasteiger charge is -2.04. The number of hydrogen-bond acceptors (Lipinski definition) is 5. The SMILES string of the molecule is Nc1cccc(CC(=O)OCc2ncccn2)c1. The summed E-state index contributed by atoms with van der Waals surface area (Å²) in [5.41, 5.74) is 7.09. The second-order valence-electron chi connectivity index (χ2n) is 3.75. The second kappa shape index (κ2) is 5.77. The Morgan fingerprint density at radius 3 is 2.72 bits per heavy atom. The van der Waals surface area contributed by atoms with Crippen LogP contribution in [0.15, 0.2) is 42.7 Å². The number of esters is 1. The van der Waals surface area contributed by atoms with Crippen LogP contribution in [0.2, 0.25) is 0 Å². The first-order valence-electron chi connectivity index (χ1n) is 5.50. The summed E-state index contributed by atoms with van der Waals surface area (Å²) >= 11 is 0. The molecule has 5 heteroatoms. The predicted octanol–water partition coefficient (Wildman–Crippen LogP) is 1.34. The van der Waals surface area contributed by atoms with E-state index in [9.17, 15) is 4.79 Å². The van der Waals surface area contributed by atoms with Gasteiger partial charge in [0.05, 0.1) is 6.42 Å². The van der Waals surface area contributed by atoms with Crippen LogP contribution >= 0.6 is 0 Å². The van der Waals surface area contributed by atoms with E-state index in [4.69, 9.17) is 10.5 Å². The number of nitrogen functional groups attached to an aromatic ring is 1. The van der Waals surface area contributed by atoms with Crippen molar-refractivity contribution in [1.82, 2.24) is 9.97 Å². The summed E-state index contributed by atoms with van der Waals surface area (Å²) in [6.07, 6.45) is 3.40. The Hall–Kier alpha value is -2.43. The van der Waals surface area contributed by atoms with E-state index in [1.807, 2.05) is 6.07 Å². The molecular weight excluding hydrogens is 230 g/mol. The molecule has 0 atom stereocenters. The van der Waals surface area contributed by atoms with Gasteiger partial charge in [-0.2, -0.15) is 0 Å². The van der Waals surface area contributed by atoms with E-state index in [-0.39, 0.29) is 19.0 Å². The molecule has 18 heavy (non-hydrogen) atoms. The maximum absolute atomic E-state index is 11.6. The number of rotatable bonds is 4. The molecule has 0 unspecified atom stereocenters. The Morgan fingerprint density at radius 1 is 1.22 bits per heavy atom. The maximum Gasteiger partial charge on any atom is 0.310 e. The Balaban J connectivity index is 1.86. The minimum atomic E-state index is -0.326. The molecule has 5 nitrogen and oxygen atoms in total. The zero-order valence-corrected chi connectivity index (χ0v) is 9.74. The number of aromatic nitrogens is 2. The van der Waals surface area contributed by atoms with Crippen LogP contribution in [0.4, 0.5) is 5.69 Å². The summed E-state index contributed by atoms with van der Waals surface area (Å²) in [7, 11) is 0. The molecule has 92 valence electrons. The largest absolute Gasteiger partial charge is 0.457 e. The van der Waals surface area contributed by atoms with E-state index in [1.165, 1.54) is 0 Å². The average molecular weight is 243 g/mol. The van der Waals surface area contributed by atoms with Gasteiger partial charge in [0.2, 0.25) is 0 Å². The van der Waals surface area contributed by atoms with Crippen molar-refractivity contribution in [1.29, 1.82) is 0 Å². The first kappa shape index (κ1) is 12.0. The summed E-state index contributed by atoms with van der Waals surface area (Å²) < 4.78 is 5.07. The standard InChI is InChI=1S/C13H13N3O2/c14-11-4-1-3-10(7-11)8-13(17)18-9-12-15-5-2-6-16-12/h1-7H,8-9,14H2. The molecule has 0 radical (unpaired) electrons. The maximum atomic E-state index is 11.6. The van der Waals surface area contributed by atoms with Crippen LogP contribution in [-0.2, 0) is 22.6 Å². The molecule has 0 aliphatic carbocycles. The molecule has 1 aromatic carbocycles. The fourth-order valence-corrected chi connectivity index (χ4v) is 1.47. The van der Waals surface area contributed by atoms with E-state index >= 15 is 0 Å². The average Bonchev–Trinajstić information content (AvgIpc) is 2.38. The molecule has 1 aromatic heterocycles. The molecule has 0 amide bonds. The van der Waals surface area contributed by atoms with Crippen molar-refractivity contribution in [2.45, 2.75) is 13.0 Å². The van der Waals surface area contributed by atoms with Gasteiger partial charge in [-0.1, -0.05) is 12.1 Å². The molecule has 1 heterocycles. The number of nitrogens with zero attached hydrogens (tertiary/aromatic N) is 2. The quantitative estimate of drug-likeness (QED) is 0.647. The molecule has 0 aliphatic heterocycles. The molecule has 0 saturated heterocycles. The molecule has 2 N–H and O–H groups in total. The number of carbonyl (C=O) groups is 1. The van der Waals surface area contributed by atoms with Crippen LogP contribution in [0.25, 0.3) is 0 Å². The monoisotopic (exact) mass is 243 g/mol. The van der Waals surface area contributed by atoms with Crippen LogP contribution in [0.3, 0.4) is 0 Å². The molecule has 0 aliphatic rings. The smallest absolute Gasteiger partial charge is 0.310 e. The van der Waals surface area contributed by atoms with Gasteiger partial charge in [0.1, 0.15) is 0 Å². The van der Waals surface area contributed by atoms with Crippen LogP contribution in [0, 0.1) is 0 Å². The van der Waals surface area contributed by atoms with Gasteiger partial charge in [0.15, 0.2) is 12.4 Å². The molecule has 2 aromatic rings. The molecule has 2 rings (SSSR count). The fraction of sp³-hybridized carbons (Fsp3) is 0.154. The van der Waals surface area contributed by atoms with Crippen LogP contribution in [-0.4, -0.2) is 15.9 Å². The highest BCUT2D eigenvalue weighted by atomic mass is 16.5. The van der Waals surface area contributed by atoms with Crippen LogP contribution in [0.5, 0.6) is 0 Å². The Bertz CT molecular complexity index is 529. The second-order valence-corrected chi connectivity index (χ2v) is 3.75. The van der Waals surface area contributed by atoms with Gasteiger partial charge in [-0.3, -0.25) is 4.79 Å². The van der Waals surface area contributed by atoms with E-state index in [1.54, 1.807) is 36.7 Å². The minimum absolute atomic E-state index is 0.0853. The number of carbonyl (C=O) groups excluding carboxylic acids is 1. The molecule has 0 fully saturated rings. The third kappa shape index (κ3) is 3.55. The first-order chi connectivity index (χ1) is 8.74. The third-order valence-electron chi connectivity index (χ3n) is 2.28. The predicted molar refractivity (Wildman–Crippen MR) is 66.4 cm³/mol. The van der Waals surface area contributed by atoms with Gasteiger partial charge < -0.3 is 10.5 Å². The summed E-state index contributed by atoms with van der Waals surface area (Å²) in [4.78, 5) is 19.5. The zero-order chi connectivity index (χ0) is 12.8. The van der Waals surface area contributed by atoms with Gasteiger partial charge in [-0.05, 0) is 23.8 Å². The highest BCUT2D eigenvalue weighted by Crippen LogP contribution is 2.08. The number of ether oxygens (including phenoxy) is 1. The highest BCUT2D eigenvalue weighted by Gasteiger charge is 2.06. The van der Waals surface area contributed by atoms with Crippen molar-refractivity contribution in [2.24, 2.45) is 0 Å². The third-order valence-corrected chi connectivity index (χ3v) is 2.28. The van der Waals surface area contributed by atoms with Crippen LogP contribution < -0.4 is 5.73 Å². The Labute approximate surface area is 105 Å². The number of anilines is 1. The molecule has 0 bridgehead atoms. The van der Waals surface area contributed by atoms with Gasteiger partial charge in [-0.15, -0.1) is 0 Å². The van der Waals surface area contributed by atoms with Gasteiger partial charge in [0, 0.05) is 18.1 Å². The minimum Gasteiger partial charge on any atom is -0.457 e. The summed E-state index contributed by atoms with van der Waals surface area (Å²) in [6, 6.07) is 8.86. The van der Waals surface area contributed by atoms with E-state index in [0.717, 1.165) is 5.56 Å². The number of benzene rings is 1. The Kier molecular flexibility index (Phi) is 3.86. The number of hydrogen-bond donors (Lipinski definition) is 1. The summed E-state index contributed by atoms with van der Waals surface area (Å²) in [6.45, 7) is 0.0853. The van der Waals surface area contributed by atoms with Crippen molar-refractivity contribution in [3.05, 3.63) is 54.1 Å². The van der Waals surface area contributed by atoms with E-state index in [2.05, 4.69) is 9.97 Å². The molecule has 0 spiro atoms. The normalized spacial score (nSPS) is 10.0. The molecular formula is C13H13N3O2. The highest BCUT2D eigenvalue weighted by molar-refractivity contribution is 5.72. The lowest BCUT2D eigenvalue weighted by molar-refractivity contribution is -0.144. The van der Waals surface area contributed by atoms with E-state index < -0.39 is 0 Å². The molecule has 0 saturated carbocycles. The number of nitrogens with two attached hydrogens (primary N) is 1. The van der Waals surface area contributed by atoms with Crippen molar-refractivity contribution in [3.8, 4) is 0 Å². The fourth-order valence-electron chi connectivity index (χ4n) is 1.47. The van der Waals surface area contributed by atoms with Crippen molar-refractivity contribution < 1.29 is 9.53 Å². The van der Waals surface area contributed by atoms with Crippen molar-refractivity contribution in [3.63, 3.8) is 0 Å². The first-order valence-corrected chi connectivity index (χ1v) is 5.50. The lowest BCUT2D eigenvalue weighted by atomic mass is 10.1. The zero-order valence-electron chi connectivity index (χ0n) is 9.74. The van der Waals surface area contributed by atoms with Crippen LogP contribution in [0.1, 0.15) is 11.4 Å². The topological polar surface area (TPSA) is 78.1 Å². The Morgan fingerprint density at radius 2 is 2.00 bits per heavy atom. The van der Waals surface area contributed by atoms with Crippen molar-refractivity contribution in [2.75, 3.05) is 5.73 Å². The van der Waals surface area contributed by atoms with Gasteiger partial charge >= 0.3 is 5.97 Å².